The Balaban J connectivity index is 2.13. The molecule has 0 aromatic heterocycles. The number of alkyl halides is 3. The second kappa shape index (κ2) is 13.0. The molecule has 0 heterocycles. The molecule has 43 heavy (non-hydrogen) atoms. The van der Waals surface area contributed by atoms with Crippen molar-refractivity contribution in [1.29, 1.82) is 0 Å². The summed E-state index contributed by atoms with van der Waals surface area (Å²) in [7, 11) is -4.55. The fourth-order valence-corrected chi connectivity index (χ4v) is 5.83. The maximum atomic E-state index is 14.0. The molecule has 0 saturated carbocycles. The second-order valence-corrected chi connectivity index (χ2v) is 13.7. The van der Waals surface area contributed by atoms with E-state index in [1.807, 2.05) is 19.1 Å². The summed E-state index contributed by atoms with van der Waals surface area (Å²) in [6.07, 6.45) is -4.88. The van der Waals surface area contributed by atoms with Crippen LogP contribution in [0.1, 0.15) is 49.9 Å². The molecule has 12 heteroatoms. The Morgan fingerprint density at radius 2 is 1.44 bits per heavy atom. The predicted molar refractivity (Wildman–Crippen MR) is 161 cm³/mol. The summed E-state index contributed by atoms with van der Waals surface area (Å²) in [5.41, 5.74) is 0.120. The zero-order valence-electron chi connectivity index (χ0n) is 24.8. The van der Waals surface area contributed by atoms with Gasteiger partial charge >= 0.3 is 6.18 Å². The van der Waals surface area contributed by atoms with Crippen LogP contribution in [0.4, 0.5) is 18.9 Å². The SMILES string of the molecule is Cc1ccc(CN(C(=O)CN(c2ccc(Cl)c(C(F)(F)F)c2)S(=O)(=O)c2ccc(C)cc2)C(C)C(=O)NC(C)(C)C)cc1. The van der Waals surface area contributed by atoms with Crippen molar-refractivity contribution < 1.29 is 31.2 Å². The smallest absolute Gasteiger partial charge is 0.350 e. The van der Waals surface area contributed by atoms with Gasteiger partial charge in [-0.15, -0.1) is 0 Å². The number of carbonyl (C=O) groups excluding carboxylic acids is 2. The minimum Gasteiger partial charge on any atom is -0.350 e. The summed E-state index contributed by atoms with van der Waals surface area (Å²) in [4.78, 5) is 28.1. The fourth-order valence-electron chi connectivity index (χ4n) is 4.20. The number of sulfonamides is 1. The Labute approximate surface area is 255 Å². The van der Waals surface area contributed by atoms with Crippen molar-refractivity contribution in [3.63, 3.8) is 0 Å². The van der Waals surface area contributed by atoms with E-state index in [9.17, 15) is 31.2 Å². The molecule has 0 aliphatic heterocycles. The van der Waals surface area contributed by atoms with Gasteiger partial charge in [-0.05, 0) is 77.4 Å². The summed E-state index contributed by atoms with van der Waals surface area (Å²) in [5.74, 6) is -1.27. The molecule has 0 spiro atoms. The van der Waals surface area contributed by atoms with E-state index >= 15 is 0 Å². The Morgan fingerprint density at radius 1 is 0.907 bits per heavy atom. The van der Waals surface area contributed by atoms with Gasteiger partial charge in [-0.25, -0.2) is 8.42 Å². The molecule has 0 bridgehead atoms. The molecular formula is C31H35ClF3N3O4S. The monoisotopic (exact) mass is 637 g/mol. The van der Waals surface area contributed by atoms with Gasteiger partial charge in [-0.3, -0.25) is 13.9 Å². The largest absolute Gasteiger partial charge is 0.417 e. The number of rotatable bonds is 9. The van der Waals surface area contributed by atoms with Crippen LogP contribution >= 0.6 is 11.6 Å². The molecule has 1 unspecified atom stereocenters. The van der Waals surface area contributed by atoms with Gasteiger partial charge in [0.25, 0.3) is 10.0 Å². The van der Waals surface area contributed by atoms with Gasteiger partial charge in [0, 0.05) is 12.1 Å². The molecule has 0 saturated heterocycles. The number of anilines is 1. The maximum Gasteiger partial charge on any atom is 0.417 e. The van der Waals surface area contributed by atoms with Crippen molar-refractivity contribution in [2.75, 3.05) is 10.8 Å². The van der Waals surface area contributed by atoms with Crippen molar-refractivity contribution in [3.05, 3.63) is 94.0 Å². The van der Waals surface area contributed by atoms with Crippen LogP contribution in [0.3, 0.4) is 0 Å². The number of hydrogen-bond acceptors (Lipinski definition) is 4. The van der Waals surface area contributed by atoms with E-state index in [4.69, 9.17) is 11.6 Å². The Hall–Kier alpha value is -3.57. The molecule has 1 atom stereocenters. The van der Waals surface area contributed by atoms with E-state index < -0.39 is 62.4 Å². The average Bonchev–Trinajstić information content (AvgIpc) is 2.90. The zero-order chi connectivity index (χ0) is 32.3. The third kappa shape index (κ3) is 8.73. The fraction of sp³-hybridized carbons (Fsp3) is 0.355. The van der Waals surface area contributed by atoms with Crippen molar-refractivity contribution in [2.24, 2.45) is 0 Å². The number of benzene rings is 3. The standard InChI is InChI=1S/C31H35ClF3N3O4S/c1-20-7-11-23(12-8-20)18-37(22(3)29(40)36-30(4,5)6)28(39)19-38(43(41,42)25-14-9-21(2)10-15-25)24-13-16-27(32)26(17-24)31(33,34)35/h7-17,22H,18-19H2,1-6H3,(H,36,40). The van der Waals surface area contributed by atoms with E-state index in [-0.39, 0.29) is 11.4 Å². The van der Waals surface area contributed by atoms with Crippen LogP contribution in [0.25, 0.3) is 0 Å². The molecule has 0 radical (unpaired) electrons. The summed E-state index contributed by atoms with van der Waals surface area (Å²) in [6.45, 7) is 9.55. The van der Waals surface area contributed by atoms with Crippen LogP contribution in [-0.4, -0.2) is 43.3 Å². The molecule has 3 aromatic carbocycles. The first-order valence-electron chi connectivity index (χ1n) is 13.4. The molecule has 2 amide bonds. The van der Waals surface area contributed by atoms with Gasteiger partial charge in [0.05, 0.1) is 21.2 Å². The number of nitrogens with one attached hydrogen (secondary N) is 1. The van der Waals surface area contributed by atoms with Gasteiger partial charge in [0.1, 0.15) is 12.6 Å². The topological polar surface area (TPSA) is 86.8 Å². The van der Waals surface area contributed by atoms with Crippen LogP contribution in [-0.2, 0) is 32.3 Å². The van der Waals surface area contributed by atoms with Gasteiger partial charge in [-0.1, -0.05) is 59.1 Å². The summed E-state index contributed by atoms with van der Waals surface area (Å²) >= 11 is 5.81. The highest BCUT2D eigenvalue weighted by Crippen LogP contribution is 2.38. The van der Waals surface area contributed by atoms with Crippen molar-refractivity contribution in [1.82, 2.24) is 10.2 Å². The maximum absolute atomic E-state index is 14.0. The summed E-state index contributed by atoms with van der Waals surface area (Å²) in [5, 5.41) is 2.20. The molecule has 232 valence electrons. The zero-order valence-corrected chi connectivity index (χ0v) is 26.4. The van der Waals surface area contributed by atoms with Crippen molar-refractivity contribution in [2.45, 2.75) is 70.7 Å². The third-order valence-electron chi connectivity index (χ3n) is 6.57. The molecule has 0 aliphatic carbocycles. The third-order valence-corrected chi connectivity index (χ3v) is 8.69. The van der Waals surface area contributed by atoms with E-state index in [2.05, 4.69) is 5.32 Å². The lowest BCUT2D eigenvalue weighted by Gasteiger charge is -2.33. The summed E-state index contributed by atoms with van der Waals surface area (Å²) in [6, 6.07) is 14.5. The normalized spacial score (nSPS) is 12.9. The number of nitrogens with zero attached hydrogens (tertiary/aromatic N) is 2. The van der Waals surface area contributed by atoms with Gasteiger partial charge in [-0.2, -0.15) is 13.2 Å². The number of carbonyl (C=O) groups is 2. The Bertz CT molecular complexity index is 1570. The number of hydrogen-bond donors (Lipinski definition) is 1. The molecule has 0 fully saturated rings. The number of halogens is 4. The quantitative estimate of drug-likeness (QED) is 0.290. The van der Waals surface area contributed by atoms with Gasteiger partial charge in [0.15, 0.2) is 0 Å². The van der Waals surface area contributed by atoms with E-state index in [0.29, 0.717) is 15.9 Å². The van der Waals surface area contributed by atoms with Crippen LogP contribution in [0.15, 0.2) is 71.6 Å². The predicted octanol–water partition coefficient (Wildman–Crippen LogP) is 6.50. The Kier molecular flexibility index (Phi) is 10.2. The van der Waals surface area contributed by atoms with Gasteiger partial charge in [0.2, 0.25) is 11.8 Å². The first-order chi connectivity index (χ1) is 19.8. The molecular weight excluding hydrogens is 603 g/mol. The molecule has 0 aliphatic rings. The van der Waals surface area contributed by atoms with E-state index in [0.717, 1.165) is 23.3 Å². The first kappa shape index (κ1) is 33.9. The van der Waals surface area contributed by atoms with Gasteiger partial charge < -0.3 is 10.2 Å². The molecule has 1 N–H and O–H groups in total. The van der Waals surface area contributed by atoms with Crippen LogP contribution in [0.2, 0.25) is 5.02 Å². The van der Waals surface area contributed by atoms with Crippen molar-refractivity contribution >= 4 is 39.1 Å². The minimum atomic E-state index is -4.88. The highest BCUT2D eigenvalue weighted by Gasteiger charge is 2.37. The highest BCUT2D eigenvalue weighted by atomic mass is 35.5. The number of aryl methyl sites for hydroxylation is 2. The molecule has 7 nitrogen and oxygen atoms in total. The van der Waals surface area contributed by atoms with Crippen LogP contribution in [0, 0.1) is 13.8 Å². The lowest BCUT2D eigenvalue weighted by atomic mass is 10.1. The van der Waals surface area contributed by atoms with Crippen LogP contribution in [0.5, 0.6) is 0 Å². The molecule has 3 aromatic rings. The minimum absolute atomic E-state index is 0.0509. The van der Waals surface area contributed by atoms with Crippen molar-refractivity contribution in [3.8, 4) is 0 Å². The Morgan fingerprint density at radius 3 is 1.95 bits per heavy atom. The average molecular weight is 638 g/mol. The van der Waals surface area contributed by atoms with E-state index in [1.54, 1.807) is 52.0 Å². The lowest BCUT2D eigenvalue weighted by Crippen LogP contribution is -2.54. The number of amides is 2. The van der Waals surface area contributed by atoms with Crippen LogP contribution < -0.4 is 9.62 Å². The second-order valence-electron chi connectivity index (χ2n) is 11.4. The molecule has 3 rings (SSSR count). The lowest BCUT2D eigenvalue weighted by molar-refractivity contribution is -0.140. The highest BCUT2D eigenvalue weighted by molar-refractivity contribution is 7.92. The van der Waals surface area contributed by atoms with E-state index in [1.165, 1.54) is 24.0 Å². The summed E-state index contributed by atoms with van der Waals surface area (Å²) < 4.78 is 69.7. The first-order valence-corrected chi connectivity index (χ1v) is 15.2.